The summed E-state index contributed by atoms with van der Waals surface area (Å²) in [5, 5.41) is 0. The number of Topliss-reactive ketones (excluding diaryl/α,β-unsaturated/α-hetero) is 2. The number of hydrogen-bond acceptors (Lipinski definition) is 3. The minimum atomic E-state index is -1.26. The number of carbonyl (C=O) groups is 2. The Balaban J connectivity index is 1.87. The van der Waals surface area contributed by atoms with Gasteiger partial charge in [0.1, 0.15) is 0 Å². The van der Waals surface area contributed by atoms with Crippen LogP contribution in [0.5, 0.6) is 0 Å². The smallest absolute Gasteiger partial charge is 0.197 e. The summed E-state index contributed by atoms with van der Waals surface area (Å²) >= 11 is 0. The fourth-order valence-electron chi connectivity index (χ4n) is 5.99. The van der Waals surface area contributed by atoms with Gasteiger partial charge in [0.25, 0.3) is 0 Å². The van der Waals surface area contributed by atoms with E-state index in [-0.39, 0.29) is 17.5 Å². The SMILES string of the molecule is COC12C(=O)c3ccccc3C(=O)C1C(C)C2(c1ccccc1)c1ccccc1. The van der Waals surface area contributed by atoms with E-state index in [9.17, 15) is 9.59 Å². The van der Waals surface area contributed by atoms with E-state index in [0.717, 1.165) is 11.1 Å². The lowest BCUT2D eigenvalue weighted by Gasteiger charge is -2.67. The quantitative estimate of drug-likeness (QED) is 0.659. The van der Waals surface area contributed by atoms with Crippen LogP contribution in [0, 0.1) is 11.8 Å². The molecule has 0 bridgehead atoms. The van der Waals surface area contributed by atoms with Gasteiger partial charge in [-0.2, -0.15) is 0 Å². The number of ketones is 2. The second kappa shape index (κ2) is 6.23. The molecular formula is C26H22O3. The summed E-state index contributed by atoms with van der Waals surface area (Å²) in [4.78, 5) is 27.5. The zero-order valence-corrected chi connectivity index (χ0v) is 16.5. The Kier molecular flexibility index (Phi) is 3.87. The number of methoxy groups -OCH3 is 1. The number of carbonyl (C=O) groups excluding carboxylic acids is 2. The molecule has 0 radical (unpaired) electrons. The van der Waals surface area contributed by atoms with Crippen LogP contribution in [0.4, 0.5) is 0 Å². The van der Waals surface area contributed by atoms with E-state index in [2.05, 4.69) is 6.92 Å². The molecule has 0 saturated heterocycles. The van der Waals surface area contributed by atoms with Crippen LogP contribution < -0.4 is 0 Å². The van der Waals surface area contributed by atoms with Gasteiger partial charge in [0.15, 0.2) is 17.2 Å². The molecule has 5 rings (SSSR count). The molecule has 3 unspecified atom stereocenters. The first-order valence-electron chi connectivity index (χ1n) is 9.95. The van der Waals surface area contributed by atoms with Crippen molar-refractivity contribution in [2.75, 3.05) is 7.11 Å². The van der Waals surface area contributed by atoms with Crippen LogP contribution in [0.25, 0.3) is 0 Å². The summed E-state index contributed by atoms with van der Waals surface area (Å²) in [6.45, 7) is 2.07. The van der Waals surface area contributed by atoms with Crippen molar-refractivity contribution in [3.63, 3.8) is 0 Å². The van der Waals surface area contributed by atoms with Crippen LogP contribution in [-0.2, 0) is 10.2 Å². The van der Waals surface area contributed by atoms with Gasteiger partial charge in [-0.1, -0.05) is 91.9 Å². The van der Waals surface area contributed by atoms with Crippen molar-refractivity contribution >= 4 is 11.6 Å². The zero-order chi connectivity index (χ0) is 20.2. The number of hydrogen-bond donors (Lipinski definition) is 0. The fraction of sp³-hybridized carbons (Fsp3) is 0.231. The number of ether oxygens (including phenoxy) is 1. The highest BCUT2D eigenvalue weighted by atomic mass is 16.5. The summed E-state index contributed by atoms with van der Waals surface area (Å²) < 4.78 is 6.14. The highest BCUT2D eigenvalue weighted by Gasteiger charge is 2.79. The van der Waals surface area contributed by atoms with Crippen molar-refractivity contribution in [3.05, 3.63) is 107 Å². The van der Waals surface area contributed by atoms with Crippen molar-refractivity contribution in [1.82, 2.24) is 0 Å². The predicted molar refractivity (Wildman–Crippen MR) is 111 cm³/mol. The Hall–Kier alpha value is -3.04. The molecule has 3 aromatic rings. The third-order valence-corrected chi connectivity index (χ3v) is 7.04. The standard InChI is InChI=1S/C26H22O3/c1-17-22-23(27)20-15-9-10-16-21(20)24(28)26(22,29-2)25(17,18-11-5-3-6-12-18)19-13-7-4-8-14-19/h3-17,22H,1-2H3. The van der Waals surface area contributed by atoms with Crippen LogP contribution in [-0.4, -0.2) is 24.3 Å². The third kappa shape index (κ3) is 1.96. The Morgan fingerprint density at radius 3 is 1.72 bits per heavy atom. The average molecular weight is 382 g/mol. The molecule has 3 heteroatoms. The van der Waals surface area contributed by atoms with E-state index in [0.29, 0.717) is 11.1 Å². The van der Waals surface area contributed by atoms with Gasteiger partial charge in [-0.3, -0.25) is 9.59 Å². The lowest BCUT2D eigenvalue weighted by molar-refractivity contribution is -0.166. The Morgan fingerprint density at radius 2 is 1.21 bits per heavy atom. The van der Waals surface area contributed by atoms with Crippen LogP contribution in [0.3, 0.4) is 0 Å². The molecule has 29 heavy (non-hydrogen) atoms. The summed E-state index contributed by atoms with van der Waals surface area (Å²) in [7, 11) is 1.57. The van der Waals surface area contributed by atoms with Gasteiger partial charge in [-0.25, -0.2) is 0 Å². The average Bonchev–Trinajstić information content (AvgIpc) is 2.78. The molecule has 0 heterocycles. The zero-order valence-electron chi connectivity index (χ0n) is 16.5. The van der Waals surface area contributed by atoms with Crippen molar-refractivity contribution in [2.24, 2.45) is 11.8 Å². The first-order chi connectivity index (χ1) is 14.1. The van der Waals surface area contributed by atoms with Gasteiger partial charge >= 0.3 is 0 Å². The van der Waals surface area contributed by atoms with Crippen molar-refractivity contribution in [1.29, 1.82) is 0 Å². The van der Waals surface area contributed by atoms with Crippen LogP contribution >= 0.6 is 0 Å². The fourth-order valence-corrected chi connectivity index (χ4v) is 5.99. The topological polar surface area (TPSA) is 43.4 Å². The van der Waals surface area contributed by atoms with Crippen molar-refractivity contribution < 1.29 is 14.3 Å². The normalized spacial score (nSPS) is 27.0. The number of fused-ring (bicyclic) bond motifs is 2. The molecule has 0 N–H and O–H groups in total. The van der Waals surface area contributed by atoms with Crippen molar-refractivity contribution in [3.8, 4) is 0 Å². The first kappa shape index (κ1) is 18.0. The molecular weight excluding hydrogens is 360 g/mol. The predicted octanol–water partition coefficient (Wildman–Crippen LogP) is 4.70. The number of rotatable bonds is 3. The maximum absolute atomic E-state index is 14.0. The summed E-state index contributed by atoms with van der Waals surface area (Å²) in [6.07, 6.45) is 0. The molecule has 2 aliphatic rings. The highest BCUT2D eigenvalue weighted by Crippen LogP contribution is 2.67. The Labute approximate surface area is 170 Å². The maximum atomic E-state index is 14.0. The van der Waals surface area contributed by atoms with E-state index >= 15 is 0 Å². The summed E-state index contributed by atoms with van der Waals surface area (Å²) in [5.41, 5.74) is 0.959. The van der Waals surface area contributed by atoms with E-state index in [1.807, 2.05) is 72.8 Å². The molecule has 3 atom stereocenters. The molecule has 144 valence electrons. The minimum Gasteiger partial charge on any atom is -0.368 e. The Morgan fingerprint density at radius 1 is 0.724 bits per heavy atom. The second-order valence-corrected chi connectivity index (χ2v) is 7.99. The van der Waals surface area contributed by atoms with E-state index in [1.165, 1.54) is 0 Å². The monoisotopic (exact) mass is 382 g/mol. The molecule has 0 aromatic heterocycles. The first-order valence-corrected chi connectivity index (χ1v) is 9.95. The molecule has 0 spiro atoms. The largest absolute Gasteiger partial charge is 0.368 e. The van der Waals surface area contributed by atoms with E-state index in [1.54, 1.807) is 19.2 Å². The van der Waals surface area contributed by atoms with E-state index in [4.69, 9.17) is 4.74 Å². The van der Waals surface area contributed by atoms with Gasteiger partial charge in [0.2, 0.25) is 0 Å². The van der Waals surface area contributed by atoms with E-state index < -0.39 is 16.9 Å². The Bertz CT molecular complexity index is 1060. The molecule has 0 amide bonds. The summed E-state index contributed by atoms with van der Waals surface area (Å²) in [5.74, 6) is -0.726. The molecule has 2 aliphatic carbocycles. The lowest BCUT2D eigenvalue weighted by Crippen LogP contribution is -2.80. The molecule has 1 saturated carbocycles. The van der Waals surface area contributed by atoms with Crippen LogP contribution in [0.2, 0.25) is 0 Å². The van der Waals surface area contributed by atoms with Crippen LogP contribution in [0.1, 0.15) is 38.8 Å². The van der Waals surface area contributed by atoms with Gasteiger partial charge in [-0.05, 0) is 17.0 Å². The van der Waals surface area contributed by atoms with Crippen molar-refractivity contribution in [2.45, 2.75) is 17.9 Å². The summed E-state index contributed by atoms with van der Waals surface area (Å²) in [6, 6.07) is 27.1. The highest BCUT2D eigenvalue weighted by molar-refractivity contribution is 6.21. The van der Waals surface area contributed by atoms with Gasteiger partial charge in [0, 0.05) is 18.2 Å². The molecule has 1 fully saturated rings. The molecule has 3 nitrogen and oxygen atoms in total. The maximum Gasteiger partial charge on any atom is 0.197 e. The lowest BCUT2D eigenvalue weighted by atomic mass is 9.36. The molecule has 3 aromatic carbocycles. The third-order valence-electron chi connectivity index (χ3n) is 7.04. The number of benzene rings is 3. The second-order valence-electron chi connectivity index (χ2n) is 7.99. The van der Waals surface area contributed by atoms with Gasteiger partial charge in [0.05, 0.1) is 11.3 Å². The molecule has 0 aliphatic heterocycles. The van der Waals surface area contributed by atoms with Gasteiger partial charge in [-0.15, -0.1) is 0 Å². The minimum absolute atomic E-state index is 0.00274. The van der Waals surface area contributed by atoms with Crippen LogP contribution in [0.15, 0.2) is 84.9 Å². The van der Waals surface area contributed by atoms with Gasteiger partial charge < -0.3 is 4.74 Å².